The van der Waals surface area contributed by atoms with E-state index in [2.05, 4.69) is 41.5 Å². The first kappa shape index (κ1) is 63.4. The Morgan fingerprint density at radius 2 is 0.538 bits per heavy atom. The van der Waals surface area contributed by atoms with E-state index in [4.69, 9.17) is 14.2 Å². The maximum absolute atomic E-state index is 12.8. The summed E-state index contributed by atoms with van der Waals surface area (Å²) in [6.07, 6.45) is 52.3. The summed E-state index contributed by atoms with van der Waals surface area (Å²) in [5, 5.41) is 0. The monoisotopic (exact) mass is 919 g/mol. The molecule has 0 saturated heterocycles. The summed E-state index contributed by atoms with van der Waals surface area (Å²) in [6, 6.07) is 0. The molecule has 0 aromatic carbocycles. The van der Waals surface area contributed by atoms with E-state index in [1.165, 1.54) is 205 Å². The predicted molar refractivity (Wildman–Crippen MR) is 279 cm³/mol. The van der Waals surface area contributed by atoms with Gasteiger partial charge in [-0.3, -0.25) is 14.4 Å². The molecule has 0 aliphatic carbocycles. The lowest BCUT2D eigenvalue weighted by atomic mass is 9.99. The van der Waals surface area contributed by atoms with Crippen LogP contribution >= 0.6 is 0 Å². The minimum absolute atomic E-state index is 0.0637. The fraction of sp³-hybridized carbons (Fsp3) is 0.949. The van der Waals surface area contributed by atoms with E-state index in [1.807, 2.05) is 0 Å². The number of hydrogen-bond donors (Lipinski definition) is 0. The number of ether oxygens (including phenoxy) is 3. The third-order valence-electron chi connectivity index (χ3n) is 13.8. The molecule has 0 saturated carbocycles. The molecule has 0 rings (SSSR count). The van der Waals surface area contributed by atoms with Crippen molar-refractivity contribution in [3.8, 4) is 0 Å². The van der Waals surface area contributed by atoms with E-state index in [0.29, 0.717) is 19.3 Å². The van der Waals surface area contributed by atoms with Crippen molar-refractivity contribution in [2.45, 2.75) is 330 Å². The average Bonchev–Trinajstić information content (AvgIpc) is 3.28. The van der Waals surface area contributed by atoms with Gasteiger partial charge in [0.15, 0.2) is 6.10 Å². The van der Waals surface area contributed by atoms with E-state index in [1.54, 1.807) is 0 Å². The Morgan fingerprint density at radius 1 is 0.308 bits per heavy atom. The molecule has 0 aliphatic heterocycles. The van der Waals surface area contributed by atoms with Crippen LogP contribution in [0.15, 0.2) is 0 Å². The maximum Gasteiger partial charge on any atom is 0.306 e. The van der Waals surface area contributed by atoms with Crippen LogP contribution < -0.4 is 0 Å². The van der Waals surface area contributed by atoms with Gasteiger partial charge in [0.25, 0.3) is 0 Å². The third-order valence-corrected chi connectivity index (χ3v) is 13.8. The molecule has 0 bridgehead atoms. The zero-order valence-electron chi connectivity index (χ0n) is 44.8. The molecule has 0 spiro atoms. The van der Waals surface area contributed by atoms with E-state index in [0.717, 1.165) is 75.5 Å². The molecule has 0 N–H and O–H groups in total. The summed E-state index contributed by atoms with van der Waals surface area (Å²) in [4.78, 5) is 38.1. The minimum atomic E-state index is -0.764. The van der Waals surface area contributed by atoms with Crippen molar-refractivity contribution in [2.75, 3.05) is 13.2 Å². The van der Waals surface area contributed by atoms with E-state index in [9.17, 15) is 14.4 Å². The van der Waals surface area contributed by atoms with Gasteiger partial charge in [-0.1, -0.05) is 286 Å². The van der Waals surface area contributed by atoms with Crippen molar-refractivity contribution < 1.29 is 28.6 Å². The summed E-state index contributed by atoms with van der Waals surface area (Å²) in [6.45, 7) is 13.8. The normalized spacial score (nSPS) is 12.6. The Bertz CT molecular complexity index is 1010. The zero-order chi connectivity index (χ0) is 47.7. The number of carbonyl (C=O) groups excluding carboxylic acids is 3. The molecule has 1 unspecified atom stereocenters. The fourth-order valence-electron chi connectivity index (χ4n) is 8.97. The smallest absolute Gasteiger partial charge is 0.306 e. The highest BCUT2D eigenvalue weighted by Crippen LogP contribution is 2.19. The SMILES string of the molecule is CCC(C)CCCCCCCCCCC(=O)OC[C@@H](COC(=O)CCCCCCCCCCCCCCCCCCC(C)C)OC(=O)CCCCCCCCCCCCCCCC(C)C. The quantitative estimate of drug-likeness (QED) is 0.0344. The molecular formula is C59H114O6. The van der Waals surface area contributed by atoms with Crippen LogP contribution in [-0.2, 0) is 28.6 Å². The molecule has 2 atom stereocenters. The standard InChI is InChI=1S/C59H114O6/c1-7-55(6)47-41-35-29-25-26-31-37-43-49-58(61)64-52-56(65-59(62)50-44-38-32-24-20-16-12-14-18-22-28-34-40-46-54(4)5)51-63-57(60)48-42-36-30-23-19-15-11-9-8-10-13-17-21-27-33-39-45-53(2)3/h53-56H,7-52H2,1-6H3/t55?,56-/m1/s1. The number of hydrogen-bond acceptors (Lipinski definition) is 6. The Hall–Kier alpha value is -1.59. The molecule has 6 nitrogen and oxygen atoms in total. The van der Waals surface area contributed by atoms with Crippen molar-refractivity contribution in [3.63, 3.8) is 0 Å². The van der Waals surface area contributed by atoms with Gasteiger partial charge in [-0.2, -0.15) is 0 Å². The van der Waals surface area contributed by atoms with Crippen molar-refractivity contribution in [1.29, 1.82) is 0 Å². The van der Waals surface area contributed by atoms with Crippen LogP contribution in [0.3, 0.4) is 0 Å². The lowest BCUT2D eigenvalue weighted by Crippen LogP contribution is -2.30. The van der Waals surface area contributed by atoms with Gasteiger partial charge in [-0.25, -0.2) is 0 Å². The van der Waals surface area contributed by atoms with Gasteiger partial charge < -0.3 is 14.2 Å². The molecule has 0 aromatic heterocycles. The van der Waals surface area contributed by atoms with E-state index in [-0.39, 0.29) is 31.1 Å². The maximum atomic E-state index is 12.8. The van der Waals surface area contributed by atoms with Gasteiger partial charge in [0, 0.05) is 19.3 Å². The van der Waals surface area contributed by atoms with Crippen LogP contribution in [0.4, 0.5) is 0 Å². The second kappa shape index (κ2) is 50.3. The highest BCUT2D eigenvalue weighted by atomic mass is 16.6. The van der Waals surface area contributed by atoms with E-state index < -0.39 is 6.10 Å². The van der Waals surface area contributed by atoms with Crippen molar-refractivity contribution in [2.24, 2.45) is 17.8 Å². The lowest BCUT2D eigenvalue weighted by Gasteiger charge is -2.18. The molecule has 0 aromatic rings. The van der Waals surface area contributed by atoms with Gasteiger partial charge in [0.1, 0.15) is 13.2 Å². The van der Waals surface area contributed by atoms with Gasteiger partial charge in [0.2, 0.25) is 0 Å². The van der Waals surface area contributed by atoms with Gasteiger partial charge in [-0.15, -0.1) is 0 Å². The molecule has 0 amide bonds. The zero-order valence-corrected chi connectivity index (χ0v) is 44.8. The average molecular weight is 920 g/mol. The Balaban J connectivity index is 4.28. The summed E-state index contributed by atoms with van der Waals surface area (Å²) in [5.74, 6) is 1.69. The topological polar surface area (TPSA) is 78.9 Å². The van der Waals surface area contributed by atoms with Crippen LogP contribution in [0.2, 0.25) is 0 Å². The van der Waals surface area contributed by atoms with Crippen molar-refractivity contribution in [1.82, 2.24) is 0 Å². The van der Waals surface area contributed by atoms with Crippen LogP contribution in [0.1, 0.15) is 324 Å². The Kier molecular flexibility index (Phi) is 49.1. The largest absolute Gasteiger partial charge is 0.462 e. The number of unbranched alkanes of at least 4 members (excludes halogenated alkanes) is 34. The first-order valence-corrected chi connectivity index (χ1v) is 29.1. The second-order valence-corrected chi connectivity index (χ2v) is 21.5. The second-order valence-electron chi connectivity index (χ2n) is 21.5. The number of rotatable bonds is 52. The molecule has 6 heteroatoms. The summed E-state index contributed by atoms with van der Waals surface area (Å²) in [7, 11) is 0. The summed E-state index contributed by atoms with van der Waals surface area (Å²) >= 11 is 0. The first-order valence-electron chi connectivity index (χ1n) is 29.1. The highest BCUT2D eigenvalue weighted by molar-refractivity contribution is 5.71. The van der Waals surface area contributed by atoms with Crippen LogP contribution in [0.5, 0.6) is 0 Å². The Labute approximate surface area is 406 Å². The highest BCUT2D eigenvalue weighted by Gasteiger charge is 2.19. The lowest BCUT2D eigenvalue weighted by molar-refractivity contribution is -0.167. The van der Waals surface area contributed by atoms with Gasteiger partial charge in [-0.05, 0) is 37.0 Å². The molecule has 0 radical (unpaired) electrons. The molecule has 386 valence electrons. The molecule has 0 heterocycles. The number of esters is 3. The molecule has 65 heavy (non-hydrogen) atoms. The van der Waals surface area contributed by atoms with Crippen LogP contribution in [0, 0.1) is 17.8 Å². The predicted octanol–water partition coefficient (Wildman–Crippen LogP) is 19.1. The third kappa shape index (κ3) is 51.6. The summed E-state index contributed by atoms with van der Waals surface area (Å²) < 4.78 is 16.9. The van der Waals surface area contributed by atoms with Crippen molar-refractivity contribution >= 4 is 17.9 Å². The fourth-order valence-corrected chi connectivity index (χ4v) is 8.97. The molecular weight excluding hydrogens is 805 g/mol. The van der Waals surface area contributed by atoms with Crippen LogP contribution in [-0.4, -0.2) is 37.2 Å². The van der Waals surface area contributed by atoms with Gasteiger partial charge in [0.05, 0.1) is 0 Å². The molecule has 0 fully saturated rings. The minimum Gasteiger partial charge on any atom is -0.462 e. The number of carbonyl (C=O) groups is 3. The van der Waals surface area contributed by atoms with Crippen LogP contribution in [0.25, 0.3) is 0 Å². The first-order chi connectivity index (χ1) is 31.6. The van der Waals surface area contributed by atoms with E-state index >= 15 is 0 Å². The Morgan fingerprint density at radius 3 is 0.800 bits per heavy atom. The summed E-state index contributed by atoms with van der Waals surface area (Å²) in [5.41, 5.74) is 0. The van der Waals surface area contributed by atoms with Gasteiger partial charge >= 0.3 is 17.9 Å². The molecule has 0 aliphatic rings. The van der Waals surface area contributed by atoms with Crippen molar-refractivity contribution in [3.05, 3.63) is 0 Å².